The van der Waals surface area contributed by atoms with Crippen molar-refractivity contribution in [1.82, 2.24) is 4.31 Å². The number of hydrogen-bond donors (Lipinski definition) is 3. The van der Waals surface area contributed by atoms with Crippen molar-refractivity contribution in [1.29, 1.82) is 5.26 Å². The van der Waals surface area contributed by atoms with Crippen molar-refractivity contribution < 1.29 is 23.2 Å². The molecule has 0 radical (unpaired) electrons. The highest BCUT2D eigenvalue weighted by Gasteiger charge is 2.38. The Morgan fingerprint density at radius 1 is 1.31 bits per heavy atom. The van der Waals surface area contributed by atoms with Gasteiger partial charge in [0.2, 0.25) is 0 Å². The smallest absolute Gasteiger partial charge is 0.263 e. The highest BCUT2D eigenvalue weighted by molar-refractivity contribution is 7.82. The lowest BCUT2D eigenvalue weighted by molar-refractivity contribution is -0.000502. The van der Waals surface area contributed by atoms with Crippen molar-refractivity contribution in [2.45, 2.75) is 28.2 Å². The molecule has 3 rings (SSSR count). The average Bonchev–Trinajstić information content (AvgIpc) is 3.11. The molecule has 2 aromatic rings. The summed E-state index contributed by atoms with van der Waals surface area (Å²) in [6.07, 6.45) is -2.34. The lowest BCUT2D eigenvalue weighted by Crippen LogP contribution is -2.37. The molecule has 1 fully saturated rings. The van der Waals surface area contributed by atoms with E-state index in [4.69, 9.17) is 22.0 Å². The summed E-state index contributed by atoms with van der Waals surface area (Å²) in [4.78, 5) is 1.10. The van der Waals surface area contributed by atoms with E-state index in [9.17, 15) is 18.1 Å². The summed E-state index contributed by atoms with van der Waals surface area (Å²) >= 11 is 9.95. The Balaban J connectivity index is 0.000000278. The highest BCUT2D eigenvalue weighted by Crippen LogP contribution is 2.30. The Labute approximate surface area is 180 Å². The van der Waals surface area contributed by atoms with Gasteiger partial charge in [-0.1, -0.05) is 17.7 Å². The zero-order valence-electron chi connectivity index (χ0n) is 15.1. The molecule has 2 aromatic carbocycles. The van der Waals surface area contributed by atoms with E-state index in [0.29, 0.717) is 18.5 Å². The Kier molecular flexibility index (Phi) is 8.58. The van der Waals surface area contributed by atoms with E-state index < -0.39 is 29.6 Å². The summed E-state index contributed by atoms with van der Waals surface area (Å²) in [7, 11) is -1.65. The van der Waals surface area contributed by atoms with Gasteiger partial charge in [0.05, 0.1) is 28.2 Å². The van der Waals surface area contributed by atoms with Gasteiger partial charge in [-0.05, 0) is 42.8 Å². The maximum atomic E-state index is 12.5. The molecule has 0 saturated carbocycles. The van der Waals surface area contributed by atoms with Gasteiger partial charge in [0.25, 0.3) is 6.43 Å². The van der Waals surface area contributed by atoms with Crippen LogP contribution in [0, 0.1) is 11.3 Å². The van der Waals surface area contributed by atoms with Crippen LogP contribution >= 0.6 is 24.2 Å². The third kappa shape index (κ3) is 6.47. The average molecular weight is 461 g/mol. The van der Waals surface area contributed by atoms with E-state index in [1.54, 1.807) is 24.3 Å². The van der Waals surface area contributed by atoms with Crippen LogP contribution in [-0.2, 0) is 11.0 Å². The van der Waals surface area contributed by atoms with Crippen molar-refractivity contribution in [2.75, 3.05) is 19.7 Å². The quantitative estimate of drug-likeness (QED) is 0.609. The SMILES string of the molecule is N#Cc1ccc(S)cc1.O=S(c1ccc(C(F)F)cc1Cl)N1CCC(O)(CO)C1. The van der Waals surface area contributed by atoms with Gasteiger partial charge in [-0.15, -0.1) is 12.6 Å². The molecule has 2 N–H and O–H groups in total. The second-order valence-corrected chi connectivity index (χ2v) is 8.77. The molecule has 10 heteroatoms. The van der Waals surface area contributed by atoms with Crippen molar-refractivity contribution in [3.8, 4) is 6.07 Å². The van der Waals surface area contributed by atoms with Crippen molar-refractivity contribution in [3.63, 3.8) is 0 Å². The third-order valence-electron chi connectivity index (χ3n) is 4.22. The van der Waals surface area contributed by atoms with Crippen LogP contribution in [0.3, 0.4) is 0 Å². The molecule has 156 valence electrons. The van der Waals surface area contributed by atoms with Crippen molar-refractivity contribution in [3.05, 3.63) is 58.6 Å². The molecule has 29 heavy (non-hydrogen) atoms. The molecule has 1 aliphatic heterocycles. The van der Waals surface area contributed by atoms with Crippen LogP contribution in [0.25, 0.3) is 0 Å². The molecular formula is C19H19ClF2N2O3S2. The predicted octanol–water partition coefficient (Wildman–Crippen LogP) is 3.58. The third-order valence-corrected chi connectivity index (χ3v) is 6.45. The van der Waals surface area contributed by atoms with Gasteiger partial charge in [0.1, 0.15) is 16.6 Å². The first-order chi connectivity index (χ1) is 13.7. The standard InChI is InChI=1S/C12H14ClF2NO3S.C7H5NS/c13-9-5-8(11(14)15)1-2-10(9)20(19)16-4-3-12(18,6-16)7-17;8-5-6-1-3-7(9)4-2-6/h1-2,5,11,17-18H,3-4,6-7H2;1-4,9H. The zero-order valence-corrected chi connectivity index (χ0v) is 17.6. The topological polar surface area (TPSA) is 84.6 Å². The second-order valence-electron chi connectivity index (χ2n) is 6.39. The van der Waals surface area contributed by atoms with Crippen LogP contribution in [0.1, 0.15) is 24.0 Å². The predicted molar refractivity (Wildman–Crippen MR) is 109 cm³/mol. The summed E-state index contributed by atoms with van der Waals surface area (Å²) in [5.41, 5.74) is -0.831. The minimum absolute atomic E-state index is 0.000529. The Hall–Kier alpha value is -1.54. The maximum Gasteiger partial charge on any atom is 0.263 e. The van der Waals surface area contributed by atoms with Gasteiger partial charge in [-0.3, -0.25) is 0 Å². The van der Waals surface area contributed by atoms with E-state index in [0.717, 1.165) is 11.0 Å². The van der Waals surface area contributed by atoms with E-state index >= 15 is 0 Å². The van der Waals surface area contributed by atoms with Crippen molar-refractivity contribution >= 4 is 35.2 Å². The first kappa shape index (κ1) is 23.7. The van der Waals surface area contributed by atoms with E-state index in [2.05, 4.69) is 12.6 Å². The highest BCUT2D eigenvalue weighted by atomic mass is 35.5. The first-order valence-corrected chi connectivity index (χ1v) is 10.4. The zero-order chi connectivity index (χ0) is 21.6. The Morgan fingerprint density at radius 3 is 2.45 bits per heavy atom. The number of nitrogens with zero attached hydrogens (tertiary/aromatic N) is 2. The fourth-order valence-electron chi connectivity index (χ4n) is 2.56. The fourth-order valence-corrected chi connectivity index (χ4v) is 4.40. The van der Waals surface area contributed by atoms with Crippen LogP contribution in [0.15, 0.2) is 52.3 Å². The molecule has 2 unspecified atom stereocenters. The van der Waals surface area contributed by atoms with Crippen LogP contribution in [0.4, 0.5) is 8.78 Å². The molecule has 1 saturated heterocycles. The lowest BCUT2D eigenvalue weighted by atomic mass is 10.1. The number of nitriles is 1. The van der Waals surface area contributed by atoms with Crippen LogP contribution in [0.5, 0.6) is 0 Å². The molecule has 2 atom stereocenters. The number of hydrogen-bond acceptors (Lipinski definition) is 5. The summed E-state index contributed by atoms with van der Waals surface area (Å²) in [5.74, 6) is 0. The van der Waals surface area contributed by atoms with E-state index in [1.807, 2.05) is 6.07 Å². The molecule has 0 aromatic heterocycles. The fraction of sp³-hybridized carbons (Fsp3) is 0.316. The second kappa shape index (κ2) is 10.5. The molecule has 1 aliphatic rings. The normalized spacial score (nSPS) is 20.1. The largest absolute Gasteiger partial charge is 0.393 e. The van der Waals surface area contributed by atoms with Gasteiger partial charge in [-0.2, -0.15) is 5.26 Å². The molecule has 5 nitrogen and oxygen atoms in total. The number of aliphatic hydroxyl groups is 2. The van der Waals surface area contributed by atoms with Crippen LogP contribution in [0.2, 0.25) is 5.02 Å². The summed E-state index contributed by atoms with van der Waals surface area (Å²) < 4.78 is 38.8. The summed E-state index contributed by atoms with van der Waals surface area (Å²) in [5, 5.41) is 27.3. The monoisotopic (exact) mass is 460 g/mol. The number of aliphatic hydroxyl groups excluding tert-OH is 1. The number of β-amino-alcohol motifs (C(OH)–C–C–N with tert-alkyl or cyclic N) is 1. The molecule has 0 bridgehead atoms. The van der Waals surface area contributed by atoms with Gasteiger partial charge in [0.15, 0.2) is 0 Å². The van der Waals surface area contributed by atoms with Crippen molar-refractivity contribution in [2.24, 2.45) is 0 Å². The molecule has 0 spiro atoms. The summed E-state index contributed by atoms with van der Waals surface area (Å²) in [6.45, 7) is -0.0433. The van der Waals surface area contributed by atoms with E-state index in [1.165, 1.54) is 16.4 Å². The van der Waals surface area contributed by atoms with Gasteiger partial charge < -0.3 is 10.2 Å². The number of halogens is 3. The Bertz CT molecular complexity index is 909. The van der Waals surface area contributed by atoms with Gasteiger partial charge in [0, 0.05) is 23.5 Å². The molecular weight excluding hydrogens is 442 g/mol. The van der Waals surface area contributed by atoms with Crippen LogP contribution in [-0.4, -0.2) is 44.0 Å². The minimum atomic E-state index is -2.64. The summed E-state index contributed by atoms with van der Waals surface area (Å²) in [6, 6.07) is 12.7. The number of rotatable bonds is 4. The number of alkyl halides is 2. The maximum absolute atomic E-state index is 12.5. The molecule has 1 heterocycles. The van der Waals surface area contributed by atoms with E-state index in [-0.39, 0.29) is 22.0 Å². The van der Waals surface area contributed by atoms with Crippen LogP contribution < -0.4 is 0 Å². The van der Waals surface area contributed by atoms with Gasteiger partial charge in [-0.25, -0.2) is 17.3 Å². The lowest BCUT2D eigenvalue weighted by Gasteiger charge is -2.20. The minimum Gasteiger partial charge on any atom is -0.393 e. The number of benzene rings is 2. The molecule has 0 amide bonds. The van der Waals surface area contributed by atoms with Gasteiger partial charge >= 0.3 is 0 Å². The molecule has 0 aliphatic carbocycles. The Morgan fingerprint density at radius 2 is 1.97 bits per heavy atom. The first-order valence-electron chi connectivity index (χ1n) is 8.46. The number of thiol groups is 1.